The lowest BCUT2D eigenvalue weighted by molar-refractivity contribution is 0.121. The van der Waals surface area contributed by atoms with Crippen LogP contribution >= 0.6 is 11.3 Å². The molecule has 0 amide bonds. The van der Waals surface area contributed by atoms with Gasteiger partial charge in [-0.2, -0.15) is 0 Å². The highest BCUT2D eigenvalue weighted by Gasteiger charge is 2.28. The maximum Gasteiger partial charge on any atom is 0.0305 e. The third-order valence-electron chi connectivity index (χ3n) is 4.35. The van der Waals surface area contributed by atoms with Crippen LogP contribution in [0.25, 0.3) is 0 Å². The van der Waals surface area contributed by atoms with Crippen molar-refractivity contribution in [2.45, 2.75) is 52.2 Å². The van der Waals surface area contributed by atoms with Crippen LogP contribution in [0.1, 0.15) is 37.6 Å². The fourth-order valence-corrected chi connectivity index (χ4v) is 3.81. The molecule has 3 heteroatoms. The zero-order valence-electron chi connectivity index (χ0n) is 12.1. The molecule has 0 aliphatic carbocycles. The largest absolute Gasteiger partial charge is 0.309 e. The smallest absolute Gasteiger partial charge is 0.0305 e. The first kappa shape index (κ1) is 14.0. The molecule has 0 aromatic carbocycles. The molecule has 3 unspecified atom stereocenters. The summed E-state index contributed by atoms with van der Waals surface area (Å²) in [5, 5.41) is 6.00. The minimum Gasteiger partial charge on any atom is -0.309 e. The molecular formula is C15H26N2S. The maximum absolute atomic E-state index is 3.78. The second kappa shape index (κ2) is 6.18. The average Bonchev–Trinajstić information content (AvgIpc) is 2.79. The summed E-state index contributed by atoms with van der Waals surface area (Å²) in [5.74, 6) is 0.747. The van der Waals surface area contributed by atoms with Crippen LogP contribution in [0.3, 0.4) is 0 Å². The number of likely N-dealkylation sites (tertiary alicyclic amines) is 1. The van der Waals surface area contributed by atoms with Gasteiger partial charge in [0, 0.05) is 30.1 Å². The van der Waals surface area contributed by atoms with Crippen LogP contribution in [0.4, 0.5) is 0 Å². The normalized spacial score (nSPS) is 29.7. The number of nitrogens with one attached hydrogen (secondary N) is 1. The predicted molar refractivity (Wildman–Crippen MR) is 80.2 cm³/mol. The topological polar surface area (TPSA) is 15.3 Å². The fraction of sp³-hybridized carbons (Fsp3) is 0.733. The van der Waals surface area contributed by atoms with E-state index in [1.807, 2.05) is 11.3 Å². The van der Waals surface area contributed by atoms with Crippen LogP contribution in [0.2, 0.25) is 0 Å². The second-order valence-corrected chi connectivity index (χ2v) is 6.71. The number of thiophene rings is 1. The Labute approximate surface area is 115 Å². The minimum absolute atomic E-state index is 0.669. The van der Waals surface area contributed by atoms with E-state index in [2.05, 4.69) is 49.5 Å². The van der Waals surface area contributed by atoms with Gasteiger partial charge in [-0.25, -0.2) is 0 Å². The van der Waals surface area contributed by atoms with Crippen molar-refractivity contribution in [1.29, 1.82) is 0 Å². The molecule has 0 saturated carbocycles. The molecule has 1 aliphatic rings. The van der Waals surface area contributed by atoms with Gasteiger partial charge in [0.1, 0.15) is 0 Å². The first-order valence-electron chi connectivity index (χ1n) is 7.10. The molecule has 1 aliphatic heterocycles. The molecule has 3 atom stereocenters. The number of hydrogen-bond acceptors (Lipinski definition) is 3. The lowest BCUT2D eigenvalue weighted by Crippen LogP contribution is -2.50. The van der Waals surface area contributed by atoms with E-state index in [1.165, 1.54) is 23.4 Å². The third kappa shape index (κ3) is 3.14. The van der Waals surface area contributed by atoms with Crippen LogP contribution in [-0.4, -0.2) is 30.6 Å². The third-order valence-corrected chi connectivity index (χ3v) is 5.32. The fourth-order valence-electron chi connectivity index (χ4n) is 2.89. The Hall–Kier alpha value is -0.380. The molecule has 18 heavy (non-hydrogen) atoms. The average molecular weight is 266 g/mol. The Balaban J connectivity index is 1.90. The molecule has 1 aromatic rings. The molecule has 1 N–H and O–H groups in total. The van der Waals surface area contributed by atoms with Crippen molar-refractivity contribution < 1.29 is 0 Å². The van der Waals surface area contributed by atoms with Gasteiger partial charge in [0.05, 0.1) is 0 Å². The highest BCUT2D eigenvalue weighted by molar-refractivity contribution is 7.10. The SMILES string of the molecule is CCc1ccsc1CNC1CC(C)N(C)CC1C. The van der Waals surface area contributed by atoms with E-state index < -0.39 is 0 Å². The number of piperidine rings is 1. The molecule has 2 nitrogen and oxygen atoms in total. The predicted octanol–water partition coefficient (Wildman–Crippen LogP) is 3.13. The molecule has 2 rings (SSSR count). The second-order valence-electron chi connectivity index (χ2n) is 5.71. The van der Waals surface area contributed by atoms with Crippen molar-refractivity contribution in [3.8, 4) is 0 Å². The van der Waals surface area contributed by atoms with E-state index in [4.69, 9.17) is 0 Å². The minimum atomic E-state index is 0.669. The van der Waals surface area contributed by atoms with Gasteiger partial charge in [-0.1, -0.05) is 13.8 Å². The van der Waals surface area contributed by atoms with Crippen molar-refractivity contribution in [1.82, 2.24) is 10.2 Å². The molecule has 0 spiro atoms. The van der Waals surface area contributed by atoms with Gasteiger partial charge >= 0.3 is 0 Å². The first-order chi connectivity index (χ1) is 8.61. The highest BCUT2D eigenvalue weighted by Crippen LogP contribution is 2.22. The van der Waals surface area contributed by atoms with Crippen LogP contribution < -0.4 is 5.32 Å². The quantitative estimate of drug-likeness (QED) is 0.901. The van der Waals surface area contributed by atoms with Gasteiger partial charge in [-0.3, -0.25) is 0 Å². The lowest BCUT2D eigenvalue weighted by atomic mass is 9.90. The van der Waals surface area contributed by atoms with Crippen molar-refractivity contribution in [3.05, 3.63) is 21.9 Å². The van der Waals surface area contributed by atoms with E-state index in [0.717, 1.165) is 18.9 Å². The molecule has 1 aromatic heterocycles. The van der Waals surface area contributed by atoms with Crippen molar-refractivity contribution in [2.75, 3.05) is 13.6 Å². The van der Waals surface area contributed by atoms with E-state index in [0.29, 0.717) is 12.1 Å². The summed E-state index contributed by atoms with van der Waals surface area (Å²) in [4.78, 5) is 4.00. The van der Waals surface area contributed by atoms with Crippen LogP contribution in [0.5, 0.6) is 0 Å². The first-order valence-corrected chi connectivity index (χ1v) is 7.98. The highest BCUT2D eigenvalue weighted by atomic mass is 32.1. The maximum atomic E-state index is 3.78. The summed E-state index contributed by atoms with van der Waals surface area (Å²) < 4.78 is 0. The Morgan fingerprint density at radius 2 is 2.22 bits per heavy atom. The van der Waals surface area contributed by atoms with Crippen molar-refractivity contribution >= 4 is 11.3 Å². The molecule has 2 heterocycles. The van der Waals surface area contributed by atoms with Crippen LogP contribution in [-0.2, 0) is 13.0 Å². The zero-order chi connectivity index (χ0) is 13.1. The Kier molecular flexibility index (Phi) is 4.82. The molecular weight excluding hydrogens is 240 g/mol. The summed E-state index contributed by atoms with van der Waals surface area (Å²) in [5.41, 5.74) is 1.51. The number of aryl methyl sites for hydroxylation is 1. The number of nitrogens with zero attached hydrogens (tertiary/aromatic N) is 1. The standard InChI is InChI=1S/C15H26N2S/c1-5-13-6-7-18-15(13)9-16-14-8-12(3)17(4)10-11(14)2/h6-7,11-12,14,16H,5,8-10H2,1-4H3. The van der Waals surface area contributed by atoms with Gasteiger partial charge in [0.2, 0.25) is 0 Å². The van der Waals surface area contributed by atoms with Gasteiger partial charge < -0.3 is 10.2 Å². The summed E-state index contributed by atoms with van der Waals surface area (Å²) in [7, 11) is 2.24. The van der Waals surface area contributed by atoms with Gasteiger partial charge in [0.25, 0.3) is 0 Å². The summed E-state index contributed by atoms with van der Waals surface area (Å²) in [6.45, 7) is 9.21. The molecule has 1 saturated heterocycles. The molecule has 1 fully saturated rings. The Morgan fingerprint density at radius 3 is 2.94 bits per heavy atom. The molecule has 102 valence electrons. The Morgan fingerprint density at radius 1 is 1.44 bits per heavy atom. The summed E-state index contributed by atoms with van der Waals surface area (Å²) in [6, 6.07) is 3.64. The van der Waals surface area contributed by atoms with Crippen molar-refractivity contribution in [3.63, 3.8) is 0 Å². The molecule has 0 bridgehead atoms. The summed E-state index contributed by atoms with van der Waals surface area (Å²) in [6.07, 6.45) is 2.42. The zero-order valence-corrected chi connectivity index (χ0v) is 12.9. The van der Waals surface area contributed by atoms with E-state index in [-0.39, 0.29) is 0 Å². The summed E-state index contributed by atoms with van der Waals surface area (Å²) >= 11 is 1.89. The lowest BCUT2D eigenvalue weighted by Gasteiger charge is -2.40. The van der Waals surface area contributed by atoms with Gasteiger partial charge in [0.15, 0.2) is 0 Å². The van der Waals surface area contributed by atoms with Gasteiger partial charge in [-0.05, 0) is 49.7 Å². The molecule has 0 radical (unpaired) electrons. The van der Waals surface area contributed by atoms with E-state index >= 15 is 0 Å². The Bertz CT molecular complexity index is 374. The van der Waals surface area contributed by atoms with E-state index in [1.54, 1.807) is 0 Å². The number of hydrogen-bond donors (Lipinski definition) is 1. The monoisotopic (exact) mass is 266 g/mol. The van der Waals surface area contributed by atoms with Crippen LogP contribution in [0, 0.1) is 5.92 Å². The van der Waals surface area contributed by atoms with Crippen LogP contribution in [0.15, 0.2) is 11.4 Å². The van der Waals surface area contributed by atoms with E-state index in [9.17, 15) is 0 Å². The van der Waals surface area contributed by atoms with Gasteiger partial charge in [-0.15, -0.1) is 11.3 Å². The van der Waals surface area contributed by atoms with Crippen molar-refractivity contribution in [2.24, 2.45) is 5.92 Å². The number of rotatable bonds is 4.